The molecule has 0 spiro atoms. The molecule has 188 valence electrons. The van der Waals surface area contributed by atoms with Crippen LogP contribution in [0.15, 0.2) is 66.9 Å². The summed E-state index contributed by atoms with van der Waals surface area (Å²) in [6.07, 6.45) is 1.16. The molecular weight excluding hydrogens is 461 g/mol. The Morgan fingerprint density at radius 2 is 1.94 bits per heavy atom. The standard InChI is InChI=1S/C28H30FN3O4/c1-18-15-32(19(2)17-33)28(35)24-13-22(20-8-5-4-6-9-20)14-30-26(24)36-25(18)16-31(3)27(34)21-10-7-11-23(29)12-21/h4-14,18-19,25,33H,15-17H2,1-3H3/t18-,19+,25-/m0/s1. The summed E-state index contributed by atoms with van der Waals surface area (Å²) in [5.41, 5.74) is 2.22. The van der Waals surface area contributed by atoms with Crippen molar-refractivity contribution < 1.29 is 23.8 Å². The summed E-state index contributed by atoms with van der Waals surface area (Å²) < 4.78 is 19.9. The number of halogens is 1. The van der Waals surface area contributed by atoms with E-state index in [1.165, 1.54) is 23.1 Å². The topological polar surface area (TPSA) is 83.0 Å². The van der Waals surface area contributed by atoms with Gasteiger partial charge in [-0.3, -0.25) is 9.59 Å². The first-order valence-electron chi connectivity index (χ1n) is 11.9. The van der Waals surface area contributed by atoms with Gasteiger partial charge in [-0.15, -0.1) is 0 Å². The van der Waals surface area contributed by atoms with Crippen LogP contribution in [0.1, 0.15) is 34.6 Å². The highest BCUT2D eigenvalue weighted by Crippen LogP contribution is 2.30. The van der Waals surface area contributed by atoms with Gasteiger partial charge < -0.3 is 19.6 Å². The van der Waals surface area contributed by atoms with Crippen LogP contribution in [0.2, 0.25) is 0 Å². The van der Waals surface area contributed by atoms with E-state index in [0.29, 0.717) is 12.1 Å². The van der Waals surface area contributed by atoms with E-state index in [-0.39, 0.29) is 42.3 Å². The molecule has 0 aliphatic carbocycles. The van der Waals surface area contributed by atoms with E-state index in [1.54, 1.807) is 37.2 Å². The van der Waals surface area contributed by atoms with Crippen molar-refractivity contribution >= 4 is 11.8 Å². The van der Waals surface area contributed by atoms with Gasteiger partial charge in [-0.25, -0.2) is 9.37 Å². The molecule has 0 saturated carbocycles. The molecule has 1 aliphatic rings. The average molecular weight is 492 g/mol. The number of fused-ring (bicyclic) bond motifs is 1. The van der Waals surface area contributed by atoms with Crippen molar-refractivity contribution in [2.45, 2.75) is 26.0 Å². The number of benzene rings is 2. The maximum Gasteiger partial charge on any atom is 0.259 e. The van der Waals surface area contributed by atoms with Crippen molar-refractivity contribution in [2.75, 3.05) is 26.7 Å². The van der Waals surface area contributed by atoms with E-state index in [1.807, 2.05) is 37.3 Å². The predicted octanol–water partition coefficient (Wildman–Crippen LogP) is 3.88. The van der Waals surface area contributed by atoms with Gasteiger partial charge in [-0.05, 0) is 36.8 Å². The van der Waals surface area contributed by atoms with Crippen LogP contribution in [-0.2, 0) is 0 Å². The Labute approximate surface area is 210 Å². The number of aromatic nitrogens is 1. The zero-order valence-electron chi connectivity index (χ0n) is 20.6. The number of aliphatic hydroxyl groups is 1. The first-order valence-corrected chi connectivity index (χ1v) is 11.9. The molecule has 2 heterocycles. The largest absolute Gasteiger partial charge is 0.472 e. The molecule has 0 saturated heterocycles. The summed E-state index contributed by atoms with van der Waals surface area (Å²) in [7, 11) is 1.63. The van der Waals surface area contributed by atoms with Crippen molar-refractivity contribution in [1.82, 2.24) is 14.8 Å². The molecule has 3 atom stereocenters. The highest BCUT2D eigenvalue weighted by atomic mass is 19.1. The molecule has 8 heteroatoms. The van der Waals surface area contributed by atoms with Gasteiger partial charge in [-0.1, -0.05) is 43.3 Å². The fraction of sp³-hybridized carbons (Fsp3) is 0.321. The molecule has 2 amide bonds. The van der Waals surface area contributed by atoms with Gasteiger partial charge in [0.25, 0.3) is 11.8 Å². The lowest BCUT2D eigenvalue weighted by Crippen LogP contribution is -2.50. The zero-order valence-corrected chi connectivity index (χ0v) is 20.6. The quantitative estimate of drug-likeness (QED) is 0.566. The molecule has 0 unspecified atom stereocenters. The first kappa shape index (κ1) is 25.3. The highest BCUT2D eigenvalue weighted by molar-refractivity contribution is 5.98. The molecule has 7 nitrogen and oxygen atoms in total. The van der Waals surface area contributed by atoms with Gasteiger partial charge in [0, 0.05) is 36.8 Å². The molecule has 3 aromatic rings. The molecule has 36 heavy (non-hydrogen) atoms. The fourth-order valence-corrected chi connectivity index (χ4v) is 4.30. The number of hydrogen-bond donors (Lipinski definition) is 1. The molecule has 2 aromatic carbocycles. The molecule has 1 aliphatic heterocycles. The Morgan fingerprint density at radius 3 is 2.64 bits per heavy atom. The number of carbonyl (C=O) groups is 2. The lowest BCUT2D eigenvalue weighted by molar-refractivity contribution is 0.0313. The van der Waals surface area contributed by atoms with Crippen molar-refractivity contribution in [2.24, 2.45) is 5.92 Å². The fourth-order valence-electron chi connectivity index (χ4n) is 4.30. The second-order valence-corrected chi connectivity index (χ2v) is 9.26. The van der Waals surface area contributed by atoms with Crippen LogP contribution >= 0.6 is 0 Å². The molecule has 0 fully saturated rings. The van der Waals surface area contributed by atoms with Gasteiger partial charge >= 0.3 is 0 Å². The number of likely N-dealkylation sites (N-methyl/N-ethyl adjacent to an activating group) is 1. The Morgan fingerprint density at radius 1 is 1.19 bits per heavy atom. The Bertz CT molecular complexity index is 1240. The first-order chi connectivity index (χ1) is 17.3. The summed E-state index contributed by atoms with van der Waals surface area (Å²) in [6.45, 7) is 4.05. The molecule has 0 bridgehead atoms. The number of pyridine rings is 1. The van der Waals surface area contributed by atoms with Gasteiger partial charge in [0.15, 0.2) is 0 Å². The third kappa shape index (κ3) is 5.39. The van der Waals surface area contributed by atoms with E-state index < -0.39 is 18.0 Å². The monoisotopic (exact) mass is 491 g/mol. The van der Waals surface area contributed by atoms with Crippen molar-refractivity contribution in [1.29, 1.82) is 0 Å². The second kappa shape index (κ2) is 10.9. The van der Waals surface area contributed by atoms with E-state index >= 15 is 0 Å². The maximum absolute atomic E-state index is 13.7. The molecule has 4 rings (SSSR count). The molecule has 1 aromatic heterocycles. The van der Waals surface area contributed by atoms with Crippen LogP contribution in [-0.4, -0.2) is 70.6 Å². The van der Waals surface area contributed by atoms with Crippen LogP contribution in [0.4, 0.5) is 4.39 Å². The van der Waals surface area contributed by atoms with E-state index in [4.69, 9.17) is 4.74 Å². The predicted molar refractivity (Wildman–Crippen MR) is 134 cm³/mol. The van der Waals surface area contributed by atoms with Crippen molar-refractivity contribution in [3.63, 3.8) is 0 Å². The smallest absolute Gasteiger partial charge is 0.259 e. The Balaban J connectivity index is 1.67. The van der Waals surface area contributed by atoms with Crippen LogP contribution < -0.4 is 4.74 Å². The Hall–Kier alpha value is -3.78. The number of amides is 2. The van der Waals surface area contributed by atoms with Crippen LogP contribution in [0.3, 0.4) is 0 Å². The molecular formula is C28H30FN3O4. The van der Waals surface area contributed by atoms with Gasteiger partial charge in [0.2, 0.25) is 5.88 Å². The van der Waals surface area contributed by atoms with Crippen LogP contribution in [0, 0.1) is 11.7 Å². The van der Waals surface area contributed by atoms with Crippen LogP contribution in [0.5, 0.6) is 5.88 Å². The number of ether oxygens (including phenoxy) is 1. The summed E-state index contributed by atoms with van der Waals surface area (Å²) in [5.74, 6) is -1.10. The molecule has 0 radical (unpaired) electrons. The minimum atomic E-state index is -0.497. The van der Waals surface area contributed by atoms with Gasteiger partial charge in [-0.2, -0.15) is 0 Å². The van der Waals surface area contributed by atoms with Crippen molar-refractivity contribution in [3.8, 4) is 17.0 Å². The van der Waals surface area contributed by atoms with E-state index in [0.717, 1.165) is 11.1 Å². The van der Waals surface area contributed by atoms with Crippen LogP contribution in [0.25, 0.3) is 11.1 Å². The average Bonchev–Trinajstić information content (AvgIpc) is 2.90. The highest BCUT2D eigenvalue weighted by Gasteiger charge is 2.35. The van der Waals surface area contributed by atoms with E-state index in [9.17, 15) is 19.1 Å². The third-order valence-electron chi connectivity index (χ3n) is 6.50. The SMILES string of the molecule is C[C@H](CO)N1C[C@H](C)[C@H](CN(C)C(=O)c2cccc(F)c2)Oc2ncc(-c3ccccc3)cc2C1=O. The van der Waals surface area contributed by atoms with E-state index in [2.05, 4.69) is 4.98 Å². The lowest BCUT2D eigenvalue weighted by Gasteiger charge is -2.37. The number of rotatable bonds is 6. The molecule has 1 N–H and O–H groups in total. The summed E-state index contributed by atoms with van der Waals surface area (Å²) in [6, 6.07) is 16.5. The number of nitrogens with zero attached hydrogens (tertiary/aromatic N) is 3. The minimum Gasteiger partial charge on any atom is -0.472 e. The number of hydrogen-bond acceptors (Lipinski definition) is 5. The Kier molecular flexibility index (Phi) is 7.64. The number of carbonyl (C=O) groups excluding carboxylic acids is 2. The second-order valence-electron chi connectivity index (χ2n) is 9.26. The lowest BCUT2D eigenvalue weighted by atomic mass is 9.99. The zero-order chi connectivity index (χ0) is 25.8. The van der Waals surface area contributed by atoms with Crippen molar-refractivity contribution in [3.05, 3.63) is 83.8 Å². The summed E-state index contributed by atoms with van der Waals surface area (Å²) >= 11 is 0. The van der Waals surface area contributed by atoms with Gasteiger partial charge in [0.05, 0.1) is 19.2 Å². The normalized spacial score (nSPS) is 18.5. The summed E-state index contributed by atoms with van der Waals surface area (Å²) in [4.78, 5) is 34.1. The summed E-state index contributed by atoms with van der Waals surface area (Å²) in [5, 5.41) is 9.84. The minimum absolute atomic E-state index is 0.179. The third-order valence-corrected chi connectivity index (χ3v) is 6.50. The number of aliphatic hydroxyl groups excluding tert-OH is 1. The van der Waals surface area contributed by atoms with Gasteiger partial charge in [0.1, 0.15) is 17.5 Å². The maximum atomic E-state index is 13.7.